The zero-order valence-corrected chi connectivity index (χ0v) is 12.0. The van der Waals surface area contributed by atoms with Crippen LogP contribution in [0.2, 0.25) is 0 Å². The topological polar surface area (TPSA) is 21.3 Å². The van der Waals surface area contributed by atoms with Gasteiger partial charge < -0.3 is 10.1 Å². The minimum Gasteiger partial charge on any atom is -0.494 e. The van der Waals surface area contributed by atoms with Crippen LogP contribution in [0, 0.1) is 5.41 Å². The van der Waals surface area contributed by atoms with Crippen LogP contribution in [0.25, 0.3) is 0 Å². The maximum atomic E-state index is 5.50. The normalized spacial score (nSPS) is 30.9. The first-order chi connectivity index (χ1) is 8.65. The molecule has 1 fully saturated rings. The molecule has 0 amide bonds. The van der Waals surface area contributed by atoms with Gasteiger partial charge in [0.1, 0.15) is 5.75 Å². The molecule has 0 spiro atoms. The summed E-state index contributed by atoms with van der Waals surface area (Å²) in [6.07, 6.45) is 2.46. The van der Waals surface area contributed by atoms with Crippen LogP contribution in [-0.2, 0) is 0 Å². The van der Waals surface area contributed by atoms with E-state index in [0.717, 1.165) is 12.4 Å². The number of ether oxygens (including phenoxy) is 1. The lowest BCUT2D eigenvalue weighted by molar-refractivity contribution is 0.0495. The molecule has 2 heteroatoms. The molecule has 3 atom stereocenters. The van der Waals surface area contributed by atoms with Gasteiger partial charge in [0.15, 0.2) is 0 Å². The number of rotatable bonds is 5. The van der Waals surface area contributed by atoms with Gasteiger partial charge in [-0.15, -0.1) is 0 Å². The Hall–Kier alpha value is -1.02. The van der Waals surface area contributed by atoms with Crippen LogP contribution in [0.3, 0.4) is 0 Å². The molecule has 0 heterocycles. The fourth-order valence-electron chi connectivity index (χ4n) is 3.28. The molecule has 1 aromatic rings. The van der Waals surface area contributed by atoms with Crippen LogP contribution < -0.4 is 10.1 Å². The Morgan fingerprint density at radius 2 is 1.94 bits per heavy atom. The van der Waals surface area contributed by atoms with Crippen LogP contribution >= 0.6 is 0 Å². The Labute approximate surface area is 111 Å². The van der Waals surface area contributed by atoms with Gasteiger partial charge in [0.2, 0.25) is 0 Å². The first-order valence-corrected chi connectivity index (χ1v) is 7.05. The minimum atomic E-state index is 0.391. The van der Waals surface area contributed by atoms with Gasteiger partial charge in [-0.05, 0) is 55.8 Å². The van der Waals surface area contributed by atoms with Crippen LogP contribution in [-0.4, -0.2) is 19.7 Å². The van der Waals surface area contributed by atoms with Gasteiger partial charge in [-0.1, -0.05) is 26.0 Å². The quantitative estimate of drug-likeness (QED) is 0.858. The molecule has 2 rings (SSSR count). The van der Waals surface area contributed by atoms with E-state index in [2.05, 4.69) is 50.5 Å². The highest BCUT2D eigenvalue weighted by Gasteiger charge is 2.49. The van der Waals surface area contributed by atoms with E-state index in [-0.39, 0.29) is 0 Å². The lowest BCUT2D eigenvalue weighted by atomic mass is 9.54. The molecule has 0 radical (unpaired) electrons. The van der Waals surface area contributed by atoms with Crippen LogP contribution in [0.4, 0.5) is 0 Å². The summed E-state index contributed by atoms with van der Waals surface area (Å²) in [7, 11) is 2.08. The van der Waals surface area contributed by atoms with Gasteiger partial charge in [-0.25, -0.2) is 0 Å². The van der Waals surface area contributed by atoms with E-state index < -0.39 is 0 Å². The highest BCUT2D eigenvalue weighted by Crippen LogP contribution is 2.54. The number of nitrogens with one attached hydrogen (secondary N) is 1. The van der Waals surface area contributed by atoms with E-state index in [1.165, 1.54) is 18.4 Å². The fraction of sp³-hybridized carbons (Fsp3) is 0.625. The predicted octanol–water partition coefficient (Wildman–Crippen LogP) is 3.58. The molecule has 100 valence electrons. The van der Waals surface area contributed by atoms with Gasteiger partial charge in [0, 0.05) is 6.04 Å². The summed E-state index contributed by atoms with van der Waals surface area (Å²) in [6.45, 7) is 7.45. The van der Waals surface area contributed by atoms with Gasteiger partial charge in [0.05, 0.1) is 6.61 Å². The zero-order valence-electron chi connectivity index (χ0n) is 12.0. The van der Waals surface area contributed by atoms with Crippen molar-refractivity contribution < 1.29 is 4.74 Å². The zero-order chi connectivity index (χ0) is 13.2. The van der Waals surface area contributed by atoms with E-state index in [1.54, 1.807) is 0 Å². The van der Waals surface area contributed by atoms with E-state index in [9.17, 15) is 0 Å². The number of hydrogen-bond acceptors (Lipinski definition) is 2. The second-order valence-corrected chi connectivity index (χ2v) is 5.49. The van der Waals surface area contributed by atoms with Crippen molar-refractivity contribution in [3.8, 4) is 5.75 Å². The van der Waals surface area contributed by atoms with Crippen molar-refractivity contribution in [1.82, 2.24) is 5.32 Å². The average molecular weight is 247 g/mol. The van der Waals surface area contributed by atoms with Crippen molar-refractivity contribution in [3.05, 3.63) is 29.8 Å². The summed E-state index contributed by atoms with van der Waals surface area (Å²) in [6, 6.07) is 9.31. The average Bonchev–Trinajstić information content (AvgIpc) is 2.39. The lowest BCUT2D eigenvalue weighted by Crippen LogP contribution is -2.55. The Bertz CT molecular complexity index is 387. The molecule has 1 aliphatic carbocycles. The molecule has 18 heavy (non-hydrogen) atoms. The maximum Gasteiger partial charge on any atom is 0.119 e. The molecule has 1 N–H and O–H groups in total. The molecule has 1 aliphatic rings. The molecular formula is C16H25NO. The van der Waals surface area contributed by atoms with Crippen molar-refractivity contribution >= 4 is 0 Å². The fourth-order valence-corrected chi connectivity index (χ4v) is 3.28. The molecule has 0 aromatic heterocycles. The molecule has 2 nitrogen and oxygen atoms in total. The summed E-state index contributed by atoms with van der Waals surface area (Å²) < 4.78 is 5.50. The van der Waals surface area contributed by atoms with Crippen molar-refractivity contribution in [3.63, 3.8) is 0 Å². The van der Waals surface area contributed by atoms with E-state index in [1.807, 2.05) is 6.92 Å². The molecule has 1 saturated carbocycles. The van der Waals surface area contributed by atoms with Crippen molar-refractivity contribution in [2.24, 2.45) is 5.41 Å². The maximum absolute atomic E-state index is 5.50. The molecule has 0 bridgehead atoms. The standard InChI is InChI=1S/C16H25NO/c1-5-16(3)14(11-15(16)17-4)12-7-9-13(10-8-12)18-6-2/h7-10,14-15,17H,5-6,11H2,1-4H3. The Balaban J connectivity index is 2.13. The van der Waals surface area contributed by atoms with E-state index in [0.29, 0.717) is 17.4 Å². The second kappa shape index (κ2) is 5.31. The Morgan fingerprint density at radius 3 is 2.44 bits per heavy atom. The van der Waals surface area contributed by atoms with Crippen LogP contribution in [0.1, 0.15) is 45.1 Å². The minimum absolute atomic E-state index is 0.391. The number of hydrogen-bond donors (Lipinski definition) is 1. The first kappa shape index (κ1) is 13.4. The SMILES string of the molecule is CCOc1ccc(C2CC(NC)C2(C)CC)cc1. The number of benzene rings is 1. The van der Waals surface area contributed by atoms with Gasteiger partial charge in [-0.3, -0.25) is 0 Å². The smallest absolute Gasteiger partial charge is 0.119 e. The molecule has 0 saturated heterocycles. The lowest BCUT2D eigenvalue weighted by Gasteiger charge is -2.54. The molecule has 1 aromatic carbocycles. The van der Waals surface area contributed by atoms with Gasteiger partial charge in [0.25, 0.3) is 0 Å². The summed E-state index contributed by atoms with van der Waals surface area (Å²) >= 11 is 0. The van der Waals surface area contributed by atoms with Gasteiger partial charge in [-0.2, -0.15) is 0 Å². The van der Waals surface area contributed by atoms with Crippen molar-refractivity contribution in [2.75, 3.05) is 13.7 Å². The molecule has 0 aliphatic heterocycles. The Morgan fingerprint density at radius 1 is 1.28 bits per heavy atom. The highest BCUT2D eigenvalue weighted by molar-refractivity contribution is 5.33. The van der Waals surface area contributed by atoms with E-state index in [4.69, 9.17) is 4.74 Å². The Kier molecular flexibility index (Phi) is 3.96. The third kappa shape index (κ3) is 2.14. The summed E-state index contributed by atoms with van der Waals surface area (Å²) in [5.41, 5.74) is 1.84. The van der Waals surface area contributed by atoms with Crippen molar-refractivity contribution in [1.29, 1.82) is 0 Å². The predicted molar refractivity (Wildman–Crippen MR) is 76.2 cm³/mol. The molecule has 3 unspecified atom stereocenters. The third-order valence-electron chi connectivity index (χ3n) is 4.77. The van der Waals surface area contributed by atoms with Gasteiger partial charge >= 0.3 is 0 Å². The monoisotopic (exact) mass is 247 g/mol. The first-order valence-electron chi connectivity index (χ1n) is 7.05. The summed E-state index contributed by atoms with van der Waals surface area (Å²) in [4.78, 5) is 0. The van der Waals surface area contributed by atoms with E-state index >= 15 is 0 Å². The molecular weight excluding hydrogens is 222 g/mol. The summed E-state index contributed by atoms with van der Waals surface area (Å²) in [5, 5.41) is 3.45. The summed E-state index contributed by atoms with van der Waals surface area (Å²) in [5.74, 6) is 1.65. The highest BCUT2D eigenvalue weighted by atomic mass is 16.5. The van der Waals surface area contributed by atoms with Crippen molar-refractivity contribution in [2.45, 2.75) is 45.6 Å². The van der Waals surface area contributed by atoms with Crippen LogP contribution in [0.15, 0.2) is 24.3 Å². The van der Waals surface area contributed by atoms with Crippen LogP contribution in [0.5, 0.6) is 5.75 Å². The largest absolute Gasteiger partial charge is 0.494 e. The second-order valence-electron chi connectivity index (χ2n) is 5.49. The third-order valence-corrected chi connectivity index (χ3v) is 4.77.